The zero-order valence-corrected chi connectivity index (χ0v) is 16.7. The summed E-state index contributed by atoms with van der Waals surface area (Å²) in [6.45, 7) is 1.53. The molecule has 11 nitrogen and oxygen atoms in total. The number of rotatable bonds is 9. The normalized spacial score (nSPS) is 11.0. The summed E-state index contributed by atoms with van der Waals surface area (Å²) >= 11 is 1.44. The molecule has 3 aromatic rings. The largest absolute Gasteiger partial charge is 0.495 e. The van der Waals surface area contributed by atoms with Gasteiger partial charge in [0, 0.05) is 6.54 Å². The fourth-order valence-electron chi connectivity index (χ4n) is 2.29. The van der Waals surface area contributed by atoms with Crippen molar-refractivity contribution in [1.29, 1.82) is 0 Å². The molecule has 0 fully saturated rings. The van der Waals surface area contributed by atoms with Crippen molar-refractivity contribution in [2.24, 2.45) is 0 Å². The van der Waals surface area contributed by atoms with Crippen molar-refractivity contribution in [2.45, 2.75) is 17.5 Å². The van der Waals surface area contributed by atoms with Crippen molar-refractivity contribution in [3.8, 4) is 5.75 Å². The number of nitrogens with zero attached hydrogens (tertiary/aromatic N) is 8. The first-order valence-corrected chi connectivity index (χ1v) is 9.48. The van der Waals surface area contributed by atoms with Gasteiger partial charge in [0.15, 0.2) is 0 Å². The van der Waals surface area contributed by atoms with Crippen molar-refractivity contribution in [1.82, 2.24) is 40.1 Å². The summed E-state index contributed by atoms with van der Waals surface area (Å²) in [6.07, 6.45) is 0. The van der Waals surface area contributed by atoms with Gasteiger partial charge in [-0.25, -0.2) is 4.68 Å². The van der Waals surface area contributed by atoms with E-state index in [2.05, 4.69) is 40.7 Å². The maximum absolute atomic E-state index is 5.85. The third-order valence-electron chi connectivity index (χ3n) is 3.64. The molecule has 28 heavy (non-hydrogen) atoms. The summed E-state index contributed by atoms with van der Waals surface area (Å²) in [5.41, 5.74) is 6.59. The number of nitrogens with one attached hydrogen (secondary N) is 1. The standard InChI is InChI=1S/C16H22N10OS/c1-25(2)8-9-26-16(22-23-24-26)28-10-13-19-14(17)21-15(20-13)18-11-6-4-5-7-12(11)27-3/h4-7H,8-10H2,1-3H3,(H3,17,18,19,20,21). The number of thioether (sulfide) groups is 1. The van der Waals surface area contributed by atoms with Crippen molar-refractivity contribution in [3.05, 3.63) is 30.1 Å². The Labute approximate surface area is 166 Å². The van der Waals surface area contributed by atoms with E-state index in [0.717, 1.165) is 12.2 Å². The first-order valence-electron chi connectivity index (χ1n) is 8.49. The summed E-state index contributed by atoms with van der Waals surface area (Å²) in [5.74, 6) is 2.14. The lowest BCUT2D eigenvalue weighted by Gasteiger charge is -2.11. The van der Waals surface area contributed by atoms with Gasteiger partial charge in [-0.05, 0) is 36.7 Å². The maximum Gasteiger partial charge on any atom is 0.232 e. The molecule has 0 atom stereocenters. The SMILES string of the molecule is COc1ccccc1Nc1nc(N)nc(CSc2nnnn2CCN(C)C)n1. The van der Waals surface area contributed by atoms with E-state index < -0.39 is 0 Å². The molecule has 2 aromatic heterocycles. The lowest BCUT2D eigenvalue weighted by atomic mass is 10.3. The van der Waals surface area contributed by atoms with E-state index in [4.69, 9.17) is 10.5 Å². The Morgan fingerprint density at radius 3 is 2.82 bits per heavy atom. The topological polar surface area (TPSA) is 133 Å². The van der Waals surface area contributed by atoms with Crippen LogP contribution in [0.5, 0.6) is 5.75 Å². The second-order valence-electron chi connectivity index (χ2n) is 6.04. The zero-order valence-electron chi connectivity index (χ0n) is 15.9. The smallest absolute Gasteiger partial charge is 0.232 e. The summed E-state index contributed by atoms with van der Waals surface area (Å²) in [7, 11) is 5.60. The number of likely N-dealkylation sites (N-methyl/N-ethyl adjacent to an activating group) is 1. The van der Waals surface area contributed by atoms with E-state index in [1.165, 1.54) is 11.8 Å². The number of ether oxygens (including phenoxy) is 1. The van der Waals surface area contributed by atoms with E-state index in [0.29, 0.717) is 35.0 Å². The summed E-state index contributed by atoms with van der Waals surface area (Å²) < 4.78 is 7.08. The van der Waals surface area contributed by atoms with Gasteiger partial charge in [-0.3, -0.25) is 0 Å². The number of tetrazole rings is 1. The molecule has 12 heteroatoms. The van der Waals surface area contributed by atoms with Crippen molar-refractivity contribution in [2.75, 3.05) is 38.8 Å². The molecule has 0 radical (unpaired) electrons. The fraction of sp³-hybridized carbons (Fsp3) is 0.375. The van der Waals surface area contributed by atoms with Crippen LogP contribution in [0.4, 0.5) is 17.6 Å². The van der Waals surface area contributed by atoms with Crippen LogP contribution >= 0.6 is 11.8 Å². The highest BCUT2D eigenvalue weighted by molar-refractivity contribution is 7.98. The Kier molecular flexibility index (Phi) is 6.55. The number of hydrogen-bond donors (Lipinski definition) is 2. The van der Waals surface area contributed by atoms with Crippen LogP contribution in [0.1, 0.15) is 5.82 Å². The van der Waals surface area contributed by atoms with E-state index in [1.807, 2.05) is 38.4 Å². The van der Waals surface area contributed by atoms with Crippen LogP contribution < -0.4 is 15.8 Å². The van der Waals surface area contributed by atoms with E-state index in [-0.39, 0.29) is 5.95 Å². The average Bonchev–Trinajstić information content (AvgIpc) is 3.12. The predicted molar refractivity (Wildman–Crippen MR) is 106 cm³/mol. The lowest BCUT2D eigenvalue weighted by Crippen LogP contribution is -2.19. The number of nitrogens with two attached hydrogens (primary N) is 1. The summed E-state index contributed by atoms with van der Waals surface area (Å²) in [4.78, 5) is 14.8. The van der Waals surface area contributed by atoms with Crippen molar-refractivity contribution >= 4 is 29.3 Å². The second kappa shape index (κ2) is 9.28. The lowest BCUT2D eigenvalue weighted by molar-refractivity contribution is 0.361. The molecule has 0 aliphatic heterocycles. The Bertz CT molecular complexity index is 916. The Balaban J connectivity index is 1.70. The Morgan fingerprint density at radius 2 is 2.04 bits per heavy atom. The monoisotopic (exact) mass is 402 g/mol. The van der Waals surface area contributed by atoms with Gasteiger partial charge in [0.05, 0.1) is 25.1 Å². The highest BCUT2D eigenvalue weighted by atomic mass is 32.2. The minimum Gasteiger partial charge on any atom is -0.495 e. The molecule has 2 heterocycles. The summed E-state index contributed by atoms with van der Waals surface area (Å²) in [6, 6.07) is 7.48. The van der Waals surface area contributed by atoms with Gasteiger partial charge in [0.25, 0.3) is 0 Å². The maximum atomic E-state index is 5.85. The van der Waals surface area contributed by atoms with Gasteiger partial charge in [0.1, 0.15) is 11.6 Å². The number of methoxy groups -OCH3 is 1. The third-order valence-corrected chi connectivity index (χ3v) is 4.59. The highest BCUT2D eigenvalue weighted by Gasteiger charge is 2.11. The fourth-order valence-corrected chi connectivity index (χ4v) is 3.05. The number of anilines is 3. The molecule has 3 N–H and O–H groups in total. The van der Waals surface area contributed by atoms with Gasteiger partial charge in [-0.15, -0.1) is 5.10 Å². The molecule has 0 saturated carbocycles. The molecular weight excluding hydrogens is 380 g/mol. The molecule has 0 aliphatic rings. The summed E-state index contributed by atoms with van der Waals surface area (Å²) in [5, 5.41) is 15.6. The van der Waals surface area contributed by atoms with Crippen LogP contribution in [-0.4, -0.2) is 67.8 Å². The molecule has 1 aromatic carbocycles. The zero-order chi connectivity index (χ0) is 19.9. The highest BCUT2D eigenvalue weighted by Crippen LogP contribution is 2.26. The molecule has 0 aliphatic carbocycles. The number of para-hydroxylation sites is 2. The van der Waals surface area contributed by atoms with Crippen LogP contribution in [-0.2, 0) is 12.3 Å². The molecular formula is C16H22N10OS. The average molecular weight is 402 g/mol. The van der Waals surface area contributed by atoms with Crippen LogP contribution in [0.2, 0.25) is 0 Å². The Morgan fingerprint density at radius 1 is 1.21 bits per heavy atom. The van der Waals surface area contributed by atoms with Gasteiger partial charge in [-0.2, -0.15) is 15.0 Å². The van der Waals surface area contributed by atoms with Gasteiger partial charge in [-0.1, -0.05) is 23.9 Å². The van der Waals surface area contributed by atoms with Gasteiger partial charge in [0.2, 0.25) is 17.1 Å². The second-order valence-corrected chi connectivity index (χ2v) is 6.98. The first-order chi connectivity index (χ1) is 13.5. The predicted octanol–water partition coefficient (Wildman–Crippen LogP) is 1.05. The Hall–Kier alpha value is -2.99. The van der Waals surface area contributed by atoms with E-state index in [9.17, 15) is 0 Å². The van der Waals surface area contributed by atoms with E-state index in [1.54, 1.807) is 11.8 Å². The minimum absolute atomic E-state index is 0.134. The molecule has 0 unspecified atom stereocenters. The van der Waals surface area contributed by atoms with Crippen molar-refractivity contribution in [3.63, 3.8) is 0 Å². The van der Waals surface area contributed by atoms with E-state index >= 15 is 0 Å². The van der Waals surface area contributed by atoms with Crippen LogP contribution in [0.3, 0.4) is 0 Å². The van der Waals surface area contributed by atoms with Gasteiger partial charge < -0.3 is 20.7 Å². The van der Waals surface area contributed by atoms with Crippen LogP contribution in [0.15, 0.2) is 29.4 Å². The molecule has 0 spiro atoms. The number of nitrogen functional groups attached to an aromatic ring is 1. The quantitative estimate of drug-likeness (QED) is 0.497. The molecule has 0 amide bonds. The van der Waals surface area contributed by atoms with Gasteiger partial charge >= 0.3 is 0 Å². The van der Waals surface area contributed by atoms with Crippen LogP contribution in [0, 0.1) is 0 Å². The number of aromatic nitrogens is 7. The number of benzene rings is 1. The number of hydrogen-bond acceptors (Lipinski definition) is 11. The minimum atomic E-state index is 0.134. The first kappa shape index (κ1) is 19.8. The third kappa shape index (κ3) is 5.27. The molecule has 148 valence electrons. The van der Waals surface area contributed by atoms with Crippen molar-refractivity contribution < 1.29 is 4.74 Å². The van der Waals surface area contributed by atoms with Crippen LogP contribution in [0.25, 0.3) is 0 Å². The molecule has 0 saturated heterocycles. The molecule has 3 rings (SSSR count). The molecule has 0 bridgehead atoms.